The third-order valence-electron chi connectivity index (χ3n) is 4.36. The van der Waals surface area contributed by atoms with Crippen LogP contribution in [-0.2, 0) is 9.31 Å². The van der Waals surface area contributed by atoms with Crippen LogP contribution in [0.3, 0.4) is 0 Å². The molecule has 0 saturated carbocycles. The van der Waals surface area contributed by atoms with Crippen LogP contribution in [0.4, 0.5) is 0 Å². The molecule has 1 aromatic heterocycles. The van der Waals surface area contributed by atoms with Crippen molar-refractivity contribution in [3.63, 3.8) is 0 Å². The third-order valence-corrected chi connectivity index (χ3v) is 4.36. The Hall–Kier alpha value is -1.70. The van der Waals surface area contributed by atoms with Gasteiger partial charge in [-0.3, -0.25) is 4.98 Å². The minimum atomic E-state index is -0.989. The van der Waals surface area contributed by atoms with E-state index in [-0.39, 0.29) is 5.56 Å². The van der Waals surface area contributed by atoms with E-state index in [4.69, 9.17) is 9.31 Å². The Labute approximate surface area is 137 Å². The summed E-state index contributed by atoms with van der Waals surface area (Å²) in [4.78, 5) is 15.4. The van der Waals surface area contributed by atoms with E-state index in [0.29, 0.717) is 12.1 Å². The largest absolute Gasteiger partial charge is 0.491 e. The number of rotatable bonds is 5. The van der Waals surface area contributed by atoms with Crippen LogP contribution in [-0.4, -0.2) is 48.0 Å². The molecule has 0 bridgehead atoms. The lowest BCUT2D eigenvalue weighted by Gasteiger charge is -2.32. The SMILES string of the molecule is CNCC(=Cc1cnccc1C(=O)O)B1OC(C)(C)C(C)(C)O1. The van der Waals surface area contributed by atoms with Gasteiger partial charge in [-0.05, 0) is 46.3 Å². The maximum absolute atomic E-state index is 11.4. The summed E-state index contributed by atoms with van der Waals surface area (Å²) in [5.41, 5.74) is 0.649. The van der Waals surface area contributed by atoms with Gasteiger partial charge in [0.15, 0.2) is 0 Å². The van der Waals surface area contributed by atoms with E-state index in [1.165, 1.54) is 18.5 Å². The predicted octanol–water partition coefficient (Wildman–Crippen LogP) is 2.01. The van der Waals surface area contributed by atoms with Crippen molar-refractivity contribution in [1.82, 2.24) is 10.3 Å². The molecule has 1 saturated heterocycles. The van der Waals surface area contributed by atoms with Gasteiger partial charge in [0.05, 0.1) is 16.8 Å². The van der Waals surface area contributed by atoms with Gasteiger partial charge in [-0.2, -0.15) is 0 Å². The first kappa shape index (κ1) is 17.7. The van der Waals surface area contributed by atoms with Gasteiger partial charge in [-0.1, -0.05) is 6.08 Å². The van der Waals surface area contributed by atoms with Crippen LogP contribution in [0.5, 0.6) is 0 Å². The summed E-state index contributed by atoms with van der Waals surface area (Å²) < 4.78 is 12.1. The van der Waals surface area contributed by atoms with Crippen LogP contribution >= 0.6 is 0 Å². The number of hydrogen-bond donors (Lipinski definition) is 2. The summed E-state index contributed by atoms with van der Waals surface area (Å²) >= 11 is 0. The van der Waals surface area contributed by atoms with Crippen molar-refractivity contribution in [2.75, 3.05) is 13.6 Å². The number of likely N-dealkylation sites (N-methyl/N-ethyl adjacent to an activating group) is 1. The molecule has 0 unspecified atom stereocenters. The number of carbonyl (C=O) groups is 1. The summed E-state index contributed by atoms with van der Waals surface area (Å²) in [6.07, 6.45) is 4.77. The van der Waals surface area contributed by atoms with Crippen molar-refractivity contribution in [3.8, 4) is 0 Å². The number of aromatic nitrogens is 1. The highest BCUT2D eigenvalue weighted by atomic mass is 16.7. The monoisotopic (exact) mass is 318 g/mol. The smallest absolute Gasteiger partial charge is 0.478 e. The number of carboxylic acids is 1. The minimum absolute atomic E-state index is 0.199. The van der Waals surface area contributed by atoms with Crippen LogP contribution in [0.15, 0.2) is 23.9 Å². The van der Waals surface area contributed by atoms with Crippen molar-refractivity contribution in [2.45, 2.75) is 38.9 Å². The van der Waals surface area contributed by atoms with Crippen molar-refractivity contribution in [3.05, 3.63) is 35.1 Å². The summed E-state index contributed by atoms with van der Waals surface area (Å²) in [6, 6.07) is 1.48. The molecule has 0 radical (unpaired) electrons. The lowest BCUT2D eigenvalue weighted by Crippen LogP contribution is -2.41. The first-order chi connectivity index (χ1) is 10.7. The lowest BCUT2D eigenvalue weighted by molar-refractivity contribution is 0.00578. The molecule has 6 nitrogen and oxygen atoms in total. The van der Waals surface area contributed by atoms with E-state index >= 15 is 0 Å². The van der Waals surface area contributed by atoms with Crippen molar-refractivity contribution in [1.29, 1.82) is 0 Å². The van der Waals surface area contributed by atoms with E-state index in [0.717, 1.165) is 5.47 Å². The Morgan fingerprint density at radius 2 is 1.96 bits per heavy atom. The lowest BCUT2D eigenvalue weighted by atomic mass is 9.76. The second-order valence-corrected chi connectivity index (χ2v) is 6.61. The Kier molecular flexibility index (Phi) is 4.94. The Morgan fingerprint density at radius 1 is 1.35 bits per heavy atom. The van der Waals surface area contributed by atoms with E-state index in [2.05, 4.69) is 10.3 Å². The van der Waals surface area contributed by atoms with Crippen molar-refractivity contribution in [2.24, 2.45) is 0 Å². The molecule has 0 aromatic carbocycles. The van der Waals surface area contributed by atoms with Gasteiger partial charge < -0.3 is 19.7 Å². The second-order valence-electron chi connectivity index (χ2n) is 6.61. The third kappa shape index (κ3) is 3.63. The van der Waals surface area contributed by atoms with Gasteiger partial charge in [-0.15, -0.1) is 0 Å². The van der Waals surface area contributed by atoms with E-state index in [9.17, 15) is 9.90 Å². The average molecular weight is 318 g/mol. The fourth-order valence-electron chi connectivity index (χ4n) is 2.32. The molecule has 23 heavy (non-hydrogen) atoms. The molecule has 1 aliphatic rings. The first-order valence-electron chi connectivity index (χ1n) is 7.56. The number of aromatic carboxylic acids is 1. The normalized spacial score (nSPS) is 19.9. The zero-order valence-electron chi connectivity index (χ0n) is 14.2. The quantitative estimate of drug-likeness (QED) is 0.809. The molecule has 2 N–H and O–H groups in total. The molecule has 0 spiro atoms. The van der Waals surface area contributed by atoms with E-state index in [1.54, 1.807) is 6.08 Å². The number of nitrogens with zero attached hydrogens (tertiary/aromatic N) is 1. The number of nitrogens with one attached hydrogen (secondary N) is 1. The molecule has 0 aliphatic carbocycles. The van der Waals surface area contributed by atoms with Crippen LogP contribution in [0.25, 0.3) is 6.08 Å². The van der Waals surface area contributed by atoms with E-state index in [1.807, 2.05) is 34.7 Å². The Balaban J connectivity index is 2.39. The molecular weight excluding hydrogens is 295 g/mol. The van der Waals surface area contributed by atoms with Gasteiger partial charge in [0, 0.05) is 24.5 Å². The molecule has 0 atom stereocenters. The molecular formula is C16H23BN2O4. The van der Waals surface area contributed by atoms with Crippen LogP contribution in [0.1, 0.15) is 43.6 Å². The summed E-state index contributed by atoms with van der Waals surface area (Å²) in [6.45, 7) is 8.45. The molecule has 2 rings (SSSR count). The summed E-state index contributed by atoms with van der Waals surface area (Å²) in [5.74, 6) is -0.989. The summed E-state index contributed by atoms with van der Waals surface area (Å²) in [7, 11) is 1.29. The van der Waals surface area contributed by atoms with Gasteiger partial charge in [0.25, 0.3) is 0 Å². The maximum Gasteiger partial charge on any atom is 0.491 e. The number of hydrogen-bond acceptors (Lipinski definition) is 5. The standard InChI is InChI=1S/C16H23BN2O4/c1-15(2)16(3,4)23-17(22-15)12(10-18-5)8-11-9-19-7-6-13(11)14(20)21/h6-9,18H,10H2,1-5H3,(H,20,21). The molecule has 7 heteroatoms. The fourth-order valence-corrected chi connectivity index (χ4v) is 2.32. The fraction of sp³-hybridized carbons (Fsp3) is 0.500. The van der Waals surface area contributed by atoms with Crippen LogP contribution in [0.2, 0.25) is 0 Å². The molecule has 124 valence electrons. The summed E-state index contributed by atoms with van der Waals surface area (Å²) in [5, 5.41) is 12.4. The predicted molar refractivity (Wildman–Crippen MR) is 89.2 cm³/mol. The van der Waals surface area contributed by atoms with E-state index < -0.39 is 24.3 Å². The van der Waals surface area contributed by atoms with Crippen LogP contribution in [0, 0.1) is 0 Å². The molecule has 2 heterocycles. The highest BCUT2D eigenvalue weighted by molar-refractivity contribution is 6.56. The minimum Gasteiger partial charge on any atom is -0.478 e. The van der Waals surface area contributed by atoms with Gasteiger partial charge in [-0.25, -0.2) is 4.79 Å². The zero-order chi connectivity index (χ0) is 17.3. The average Bonchev–Trinajstić information content (AvgIpc) is 2.67. The number of carboxylic acid groups (broad SMARTS) is 1. The zero-order valence-corrected chi connectivity index (χ0v) is 14.2. The Morgan fingerprint density at radius 3 is 2.48 bits per heavy atom. The van der Waals surface area contributed by atoms with Crippen molar-refractivity contribution < 1.29 is 19.2 Å². The maximum atomic E-state index is 11.4. The highest BCUT2D eigenvalue weighted by Gasteiger charge is 2.52. The van der Waals surface area contributed by atoms with Crippen molar-refractivity contribution >= 4 is 19.2 Å². The number of pyridine rings is 1. The first-order valence-corrected chi connectivity index (χ1v) is 7.56. The topological polar surface area (TPSA) is 80.7 Å². The van der Waals surface area contributed by atoms with Gasteiger partial charge in [0.1, 0.15) is 0 Å². The van der Waals surface area contributed by atoms with Crippen LogP contribution < -0.4 is 5.32 Å². The van der Waals surface area contributed by atoms with Gasteiger partial charge >= 0.3 is 13.1 Å². The molecule has 1 fully saturated rings. The van der Waals surface area contributed by atoms with Gasteiger partial charge in [0.2, 0.25) is 0 Å². The molecule has 1 aromatic rings. The second kappa shape index (κ2) is 6.43. The highest BCUT2D eigenvalue weighted by Crippen LogP contribution is 2.38. The Bertz CT molecular complexity index is 612. The molecule has 1 aliphatic heterocycles. The molecule has 0 amide bonds.